The largest absolute Gasteiger partial charge is 0.478 e. The van der Waals surface area contributed by atoms with Crippen LogP contribution in [0.5, 0.6) is 0 Å². The molecule has 0 spiro atoms. The van der Waals surface area contributed by atoms with Gasteiger partial charge in [-0.25, -0.2) is 4.79 Å². The van der Waals surface area contributed by atoms with Crippen molar-refractivity contribution in [3.63, 3.8) is 0 Å². The van der Waals surface area contributed by atoms with Crippen LogP contribution < -0.4 is 0 Å². The average molecular weight is 235 g/mol. The molecule has 0 aliphatic heterocycles. The number of carbonyl (C=O) groups is 1. The molecule has 0 aliphatic carbocycles. The molecule has 1 aromatic carbocycles. The maximum absolute atomic E-state index is 11.0. The standard InChI is InChI=1S/C12H13NO4/c1-2-3-4-11(12(14)15)9-5-7-10(8-6-9)13(16)17/h4-8H,2-3H2,1H3,(H,14,15)/b11-4-. The number of nitrogens with zero attached hydrogens (tertiary/aromatic N) is 1. The Bertz CT molecular complexity index is 448. The van der Waals surface area contributed by atoms with E-state index in [4.69, 9.17) is 5.11 Å². The van der Waals surface area contributed by atoms with Crippen LogP contribution in [0, 0.1) is 10.1 Å². The van der Waals surface area contributed by atoms with Gasteiger partial charge in [-0.15, -0.1) is 0 Å². The minimum Gasteiger partial charge on any atom is -0.478 e. The average Bonchev–Trinajstić information content (AvgIpc) is 2.29. The molecule has 0 saturated carbocycles. The Morgan fingerprint density at radius 1 is 1.41 bits per heavy atom. The van der Waals surface area contributed by atoms with Crippen LogP contribution in [0.15, 0.2) is 30.3 Å². The molecular weight excluding hydrogens is 222 g/mol. The molecular formula is C12H13NO4. The highest BCUT2D eigenvalue weighted by Crippen LogP contribution is 2.19. The second-order valence-corrected chi connectivity index (χ2v) is 3.52. The Balaban J connectivity index is 3.04. The van der Waals surface area contributed by atoms with Gasteiger partial charge in [0.25, 0.3) is 5.69 Å². The van der Waals surface area contributed by atoms with E-state index < -0.39 is 10.9 Å². The number of benzene rings is 1. The van der Waals surface area contributed by atoms with Gasteiger partial charge >= 0.3 is 5.97 Å². The Morgan fingerprint density at radius 3 is 2.41 bits per heavy atom. The third kappa shape index (κ3) is 3.41. The van der Waals surface area contributed by atoms with Gasteiger partial charge in [-0.1, -0.05) is 19.4 Å². The lowest BCUT2D eigenvalue weighted by molar-refractivity contribution is -0.384. The summed E-state index contributed by atoms with van der Waals surface area (Å²) in [6.07, 6.45) is 3.14. The number of non-ortho nitro benzene ring substituents is 1. The number of unbranched alkanes of at least 4 members (excludes halogenated alkanes) is 1. The van der Waals surface area contributed by atoms with Crippen LogP contribution in [0.4, 0.5) is 5.69 Å². The Labute approximate surface area is 98.5 Å². The zero-order valence-corrected chi connectivity index (χ0v) is 9.42. The van der Waals surface area contributed by atoms with Crippen LogP contribution in [-0.4, -0.2) is 16.0 Å². The lowest BCUT2D eigenvalue weighted by Crippen LogP contribution is -2.00. The first-order valence-electron chi connectivity index (χ1n) is 5.24. The fourth-order valence-corrected chi connectivity index (χ4v) is 1.38. The molecule has 1 N–H and O–H groups in total. The van der Waals surface area contributed by atoms with Crippen LogP contribution in [0.25, 0.3) is 5.57 Å². The summed E-state index contributed by atoms with van der Waals surface area (Å²) in [5.41, 5.74) is 0.618. The second kappa shape index (κ2) is 5.79. The molecule has 0 fully saturated rings. The van der Waals surface area contributed by atoms with Gasteiger partial charge in [0, 0.05) is 12.1 Å². The lowest BCUT2D eigenvalue weighted by atomic mass is 10.0. The molecule has 5 nitrogen and oxygen atoms in total. The highest BCUT2D eigenvalue weighted by molar-refractivity contribution is 6.15. The van der Waals surface area contributed by atoms with Crippen molar-refractivity contribution >= 4 is 17.2 Å². The van der Waals surface area contributed by atoms with E-state index in [1.807, 2.05) is 6.92 Å². The lowest BCUT2D eigenvalue weighted by Gasteiger charge is -2.02. The molecule has 0 bridgehead atoms. The number of hydrogen-bond donors (Lipinski definition) is 1. The summed E-state index contributed by atoms with van der Waals surface area (Å²) in [6, 6.07) is 5.51. The van der Waals surface area contributed by atoms with Crippen molar-refractivity contribution in [3.05, 3.63) is 46.0 Å². The zero-order chi connectivity index (χ0) is 12.8. The van der Waals surface area contributed by atoms with Crippen molar-refractivity contribution in [1.82, 2.24) is 0 Å². The van der Waals surface area contributed by atoms with E-state index in [0.29, 0.717) is 12.0 Å². The van der Waals surface area contributed by atoms with Gasteiger partial charge in [-0.05, 0) is 24.1 Å². The number of carboxylic acid groups (broad SMARTS) is 1. The van der Waals surface area contributed by atoms with Crippen molar-refractivity contribution in [3.8, 4) is 0 Å². The van der Waals surface area contributed by atoms with Crippen LogP contribution in [0.3, 0.4) is 0 Å². The number of carboxylic acids is 1. The van der Waals surface area contributed by atoms with Crippen LogP contribution in [-0.2, 0) is 4.79 Å². The molecule has 0 heterocycles. The molecule has 0 unspecified atom stereocenters. The SMILES string of the molecule is CCC/C=C(\C(=O)O)c1ccc([N+](=O)[O-])cc1. The topological polar surface area (TPSA) is 80.4 Å². The molecule has 5 heteroatoms. The Kier molecular flexibility index (Phi) is 4.39. The third-order valence-electron chi connectivity index (χ3n) is 2.26. The van der Waals surface area contributed by atoms with E-state index in [0.717, 1.165) is 6.42 Å². The van der Waals surface area contributed by atoms with Crippen molar-refractivity contribution < 1.29 is 14.8 Å². The molecule has 1 rings (SSSR count). The predicted octanol–water partition coefficient (Wildman–Crippen LogP) is 2.86. The van der Waals surface area contributed by atoms with Gasteiger partial charge in [-0.3, -0.25) is 10.1 Å². The summed E-state index contributed by atoms with van der Waals surface area (Å²) in [5.74, 6) is -1.02. The normalized spacial score (nSPS) is 11.2. The fourth-order valence-electron chi connectivity index (χ4n) is 1.38. The molecule has 0 aliphatic rings. The summed E-state index contributed by atoms with van der Waals surface area (Å²) in [4.78, 5) is 21.0. The minimum absolute atomic E-state index is 0.0472. The van der Waals surface area contributed by atoms with Crippen molar-refractivity contribution in [1.29, 1.82) is 0 Å². The summed E-state index contributed by atoms with van der Waals surface area (Å²) < 4.78 is 0. The smallest absolute Gasteiger partial charge is 0.335 e. The first-order chi connectivity index (χ1) is 8.06. The maximum atomic E-state index is 11.0. The molecule has 17 heavy (non-hydrogen) atoms. The Morgan fingerprint density at radius 2 is 2.00 bits per heavy atom. The van der Waals surface area contributed by atoms with Gasteiger partial charge in [0.05, 0.1) is 10.5 Å². The van der Waals surface area contributed by atoms with E-state index in [-0.39, 0.29) is 11.3 Å². The minimum atomic E-state index is -1.02. The highest BCUT2D eigenvalue weighted by atomic mass is 16.6. The highest BCUT2D eigenvalue weighted by Gasteiger charge is 2.11. The van der Waals surface area contributed by atoms with E-state index in [1.165, 1.54) is 24.3 Å². The van der Waals surface area contributed by atoms with Crippen molar-refractivity contribution in [2.24, 2.45) is 0 Å². The number of rotatable bonds is 5. The van der Waals surface area contributed by atoms with Gasteiger partial charge < -0.3 is 5.11 Å². The molecule has 0 aromatic heterocycles. The quantitative estimate of drug-likeness (QED) is 0.483. The van der Waals surface area contributed by atoms with Gasteiger partial charge in [0.1, 0.15) is 0 Å². The molecule has 0 atom stereocenters. The zero-order valence-electron chi connectivity index (χ0n) is 9.42. The van der Waals surface area contributed by atoms with Gasteiger partial charge in [0.15, 0.2) is 0 Å². The molecule has 1 aromatic rings. The number of hydrogen-bond acceptors (Lipinski definition) is 3. The first kappa shape index (κ1) is 12.9. The van der Waals surface area contributed by atoms with Crippen LogP contribution in [0.2, 0.25) is 0 Å². The molecule has 0 radical (unpaired) electrons. The van der Waals surface area contributed by atoms with Crippen LogP contribution >= 0.6 is 0 Å². The second-order valence-electron chi connectivity index (χ2n) is 3.52. The first-order valence-corrected chi connectivity index (χ1v) is 5.24. The van der Waals surface area contributed by atoms with Gasteiger partial charge in [0.2, 0.25) is 0 Å². The van der Waals surface area contributed by atoms with Gasteiger partial charge in [-0.2, -0.15) is 0 Å². The summed E-state index contributed by atoms with van der Waals surface area (Å²) >= 11 is 0. The fraction of sp³-hybridized carbons (Fsp3) is 0.250. The van der Waals surface area contributed by atoms with Crippen LogP contribution in [0.1, 0.15) is 25.3 Å². The number of allylic oxidation sites excluding steroid dienone is 1. The maximum Gasteiger partial charge on any atom is 0.335 e. The van der Waals surface area contributed by atoms with Crippen molar-refractivity contribution in [2.45, 2.75) is 19.8 Å². The summed E-state index contributed by atoms with van der Waals surface area (Å²) in [5, 5.41) is 19.5. The van der Waals surface area contributed by atoms with E-state index in [1.54, 1.807) is 6.08 Å². The number of aliphatic carboxylic acids is 1. The molecule has 0 amide bonds. The summed E-state index contributed by atoms with van der Waals surface area (Å²) in [7, 11) is 0. The monoisotopic (exact) mass is 235 g/mol. The predicted molar refractivity (Wildman–Crippen MR) is 63.6 cm³/mol. The third-order valence-corrected chi connectivity index (χ3v) is 2.26. The summed E-state index contributed by atoms with van der Waals surface area (Å²) in [6.45, 7) is 1.95. The van der Waals surface area contributed by atoms with E-state index in [2.05, 4.69) is 0 Å². The molecule has 90 valence electrons. The number of nitro groups is 1. The molecule has 0 saturated heterocycles. The van der Waals surface area contributed by atoms with E-state index >= 15 is 0 Å². The van der Waals surface area contributed by atoms with E-state index in [9.17, 15) is 14.9 Å². The van der Waals surface area contributed by atoms with Crippen molar-refractivity contribution in [2.75, 3.05) is 0 Å². The Hall–Kier alpha value is -2.17. The number of nitro benzene ring substituents is 1.